The summed E-state index contributed by atoms with van der Waals surface area (Å²) in [5, 5.41) is 8.86. The van der Waals surface area contributed by atoms with Crippen molar-refractivity contribution >= 4 is 27.4 Å². The molecule has 4 nitrogen and oxygen atoms in total. The quantitative estimate of drug-likeness (QED) is 0.828. The van der Waals surface area contributed by atoms with Crippen molar-refractivity contribution in [1.82, 2.24) is 9.38 Å². The van der Waals surface area contributed by atoms with Gasteiger partial charge in [-0.15, -0.1) is 0 Å². The van der Waals surface area contributed by atoms with E-state index in [1.54, 1.807) is 29.1 Å². The van der Waals surface area contributed by atoms with Crippen LogP contribution in [0.1, 0.15) is 10.4 Å². The van der Waals surface area contributed by atoms with Gasteiger partial charge in [-0.2, -0.15) is 0 Å². The van der Waals surface area contributed by atoms with E-state index in [1.165, 1.54) is 0 Å². The van der Waals surface area contributed by atoms with Gasteiger partial charge in [0.1, 0.15) is 10.9 Å². The molecule has 0 unspecified atom stereocenters. The molecule has 0 aliphatic heterocycles. The summed E-state index contributed by atoms with van der Waals surface area (Å²) >= 11 is 3.19. The van der Waals surface area contributed by atoms with Crippen LogP contribution in [0.15, 0.2) is 29.3 Å². The zero-order valence-corrected chi connectivity index (χ0v) is 8.02. The normalized spacial score (nSPS) is 10.5. The number of carboxylic acid groups (broad SMARTS) is 1. The van der Waals surface area contributed by atoms with Gasteiger partial charge in [0, 0.05) is 6.20 Å². The number of hydrogen-bond donors (Lipinski definition) is 1. The number of halogens is 1. The molecule has 0 bridgehead atoms. The van der Waals surface area contributed by atoms with Crippen molar-refractivity contribution in [3.05, 3.63) is 34.8 Å². The van der Waals surface area contributed by atoms with Crippen LogP contribution >= 0.6 is 15.9 Å². The Labute approximate surface area is 82.0 Å². The van der Waals surface area contributed by atoms with Crippen LogP contribution in [0, 0.1) is 0 Å². The van der Waals surface area contributed by atoms with Crippen molar-refractivity contribution in [3.63, 3.8) is 0 Å². The zero-order chi connectivity index (χ0) is 9.42. The van der Waals surface area contributed by atoms with Gasteiger partial charge in [-0.05, 0) is 28.1 Å². The number of fused-ring (bicyclic) bond motifs is 1. The molecule has 0 atom stereocenters. The van der Waals surface area contributed by atoms with Gasteiger partial charge in [0.2, 0.25) is 0 Å². The van der Waals surface area contributed by atoms with Gasteiger partial charge in [0.15, 0.2) is 0 Å². The Bertz CT molecular complexity index is 478. The van der Waals surface area contributed by atoms with E-state index in [2.05, 4.69) is 20.9 Å². The minimum atomic E-state index is -0.952. The van der Waals surface area contributed by atoms with E-state index in [9.17, 15) is 4.79 Å². The SMILES string of the molecule is O=C(O)c1cccn2cnc(Br)c12. The highest BCUT2D eigenvalue weighted by molar-refractivity contribution is 9.10. The Kier molecular flexibility index (Phi) is 1.81. The molecule has 0 saturated heterocycles. The lowest BCUT2D eigenvalue weighted by molar-refractivity contribution is 0.0698. The van der Waals surface area contributed by atoms with Gasteiger partial charge in [0.25, 0.3) is 0 Å². The first-order valence-corrected chi connectivity index (χ1v) is 4.34. The standard InChI is InChI=1S/C8H5BrN2O2/c9-7-6-5(8(12)13)2-1-3-11(6)4-10-7/h1-4H,(H,12,13). The van der Waals surface area contributed by atoms with Gasteiger partial charge in [0.05, 0.1) is 11.1 Å². The minimum Gasteiger partial charge on any atom is -0.478 e. The molecular weight excluding hydrogens is 236 g/mol. The van der Waals surface area contributed by atoms with Crippen molar-refractivity contribution < 1.29 is 9.90 Å². The largest absolute Gasteiger partial charge is 0.478 e. The van der Waals surface area contributed by atoms with Gasteiger partial charge >= 0.3 is 5.97 Å². The fourth-order valence-corrected chi connectivity index (χ4v) is 1.69. The number of aromatic nitrogens is 2. The van der Waals surface area contributed by atoms with Crippen LogP contribution in [0.3, 0.4) is 0 Å². The van der Waals surface area contributed by atoms with Gasteiger partial charge < -0.3 is 9.51 Å². The minimum absolute atomic E-state index is 0.242. The smallest absolute Gasteiger partial charge is 0.337 e. The van der Waals surface area contributed by atoms with E-state index in [-0.39, 0.29) is 5.56 Å². The maximum absolute atomic E-state index is 10.8. The summed E-state index contributed by atoms with van der Waals surface area (Å²) in [5.41, 5.74) is 0.821. The van der Waals surface area contributed by atoms with Crippen LogP contribution in [0.4, 0.5) is 0 Å². The molecular formula is C8H5BrN2O2. The average molecular weight is 241 g/mol. The molecule has 0 radical (unpaired) electrons. The number of rotatable bonds is 1. The molecule has 1 N–H and O–H groups in total. The Balaban J connectivity index is 2.88. The maximum atomic E-state index is 10.8. The molecule has 2 aromatic rings. The zero-order valence-electron chi connectivity index (χ0n) is 6.44. The first kappa shape index (κ1) is 8.25. The number of hydrogen-bond acceptors (Lipinski definition) is 2. The topological polar surface area (TPSA) is 54.6 Å². The molecule has 2 rings (SSSR count). The molecule has 66 valence electrons. The number of imidazole rings is 1. The summed E-state index contributed by atoms with van der Waals surface area (Å²) in [4.78, 5) is 14.8. The van der Waals surface area contributed by atoms with Crippen LogP contribution in [0.2, 0.25) is 0 Å². The van der Waals surface area contributed by atoms with E-state index in [0.29, 0.717) is 10.1 Å². The Morgan fingerprint density at radius 1 is 1.62 bits per heavy atom. The second-order valence-electron chi connectivity index (χ2n) is 2.52. The van der Waals surface area contributed by atoms with Crippen LogP contribution in [-0.4, -0.2) is 20.5 Å². The monoisotopic (exact) mass is 240 g/mol. The molecule has 2 heterocycles. The third-order valence-electron chi connectivity index (χ3n) is 1.74. The fraction of sp³-hybridized carbons (Fsp3) is 0. The maximum Gasteiger partial charge on any atom is 0.337 e. The van der Waals surface area contributed by atoms with Crippen LogP contribution in [-0.2, 0) is 0 Å². The molecule has 0 aliphatic carbocycles. The van der Waals surface area contributed by atoms with Crippen molar-refractivity contribution in [2.24, 2.45) is 0 Å². The summed E-state index contributed by atoms with van der Waals surface area (Å²) in [7, 11) is 0. The first-order valence-electron chi connectivity index (χ1n) is 3.54. The first-order chi connectivity index (χ1) is 6.20. The number of aromatic carboxylic acids is 1. The van der Waals surface area contributed by atoms with Crippen LogP contribution in [0.25, 0.3) is 5.52 Å². The molecule has 0 amide bonds. The number of carbonyl (C=O) groups is 1. The lowest BCUT2D eigenvalue weighted by atomic mass is 10.2. The second-order valence-corrected chi connectivity index (χ2v) is 3.27. The van der Waals surface area contributed by atoms with E-state index in [0.717, 1.165) is 0 Å². The highest BCUT2D eigenvalue weighted by atomic mass is 79.9. The van der Waals surface area contributed by atoms with Crippen molar-refractivity contribution in [3.8, 4) is 0 Å². The van der Waals surface area contributed by atoms with Gasteiger partial charge in [-0.3, -0.25) is 0 Å². The molecule has 13 heavy (non-hydrogen) atoms. The van der Waals surface area contributed by atoms with E-state index in [1.807, 2.05) is 0 Å². The van der Waals surface area contributed by atoms with Gasteiger partial charge in [-0.25, -0.2) is 9.78 Å². The highest BCUT2D eigenvalue weighted by Crippen LogP contribution is 2.19. The highest BCUT2D eigenvalue weighted by Gasteiger charge is 2.11. The average Bonchev–Trinajstić information content (AvgIpc) is 2.48. The molecule has 0 saturated carbocycles. The predicted octanol–water partition coefficient (Wildman–Crippen LogP) is 1.79. The molecule has 2 aromatic heterocycles. The molecule has 0 aliphatic rings. The molecule has 0 fully saturated rings. The summed E-state index contributed by atoms with van der Waals surface area (Å²) in [6.07, 6.45) is 3.31. The Hall–Kier alpha value is -1.36. The molecule has 0 aromatic carbocycles. The van der Waals surface area contributed by atoms with Crippen molar-refractivity contribution in [2.45, 2.75) is 0 Å². The summed E-state index contributed by atoms with van der Waals surface area (Å²) in [6, 6.07) is 3.22. The number of nitrogens with zero attached hydrogens (tertiary/aromatic N) is 2. The Morgan fingerprint density at radius 2 is 2.38 bits per heavy atom. The van der Waals surface area contributed by atoms with Crippen molar-refractivity contribution in [2.75, 3.05) is 0 Å². The Morgan fingerprint density at radius 3 is 3.08 bits per heavy atom. The number of pyridine rings is 1. The van der Waals surface area contributed by atoms with Crippen LogP contribution < -0.4 is 0 Å². The third-order valence-corrected chi connectivity index (χ3v) is 2.32. The summed E-state index contributed by atoms with van der Waals surface area (Å²) < 4.78 is 2.21. The fourth-order valence-electron chi connectivity index (χ4n) is 1.19. The lowest BCUT2D eigenvalue weighted by Crippen LogP contribution is -1.99. The molecule has 0 spiro atoms. The van der Waals surface area contributed by atoms with E-state index in [4.69, 9.17) is 5.11 Å². The third kappa shape index (κ3) is 1.21. The van der Waals surface area contributed by atoms with Crippen LogP contribution in [0.5, 0.6) is 0 Å². The van der Waals surface area contributed by atoms with Crippen molar-refractivity contribution in [1.29, 1.82) is 0 Å². The second kappa shape index (κ2) is 2.85. The number of carboxylic acids is 1. The predicted molar refractivity (Wildman–Crippen MR) is 49.9 cm³/mol. The van der Waals surface area contributed by atoms with Gasteiger partial charge in [-0.1, -0.05) is 0 Å². The van der Waals surface area contributed by atoms with E-state index >= 15 is 0 Å². The summed E-state index contributed by atoms with van der Waals surface area (Å²) in [5.74, 6) is -0.952. The lowest BCUT2D eigenvalue weighted by Gasteiger charge is -1.97. The van der Waals surface area contributed by atoms with E-state index < -0.39 is 5.97 Å². The molecule has 5 heteroatoms. The summed E-state index contributed by atoms with van der Waals surface area (Å²) in [6.45, 7) is 0.